The molecule has 2 fully saturated rings. The van der Waals surface area contributed by atoms with Gasteiger partial charge >= 0.3 is 0 Å². The molecule has 1 saturated heterocycles. The van der Waals surface area contributed by atoms with Gasteiger partial charge in [0.25, 0.3) is 0 Å². The lowest BCUT2D eigenvalue weighted by molar-refractivity contribution is -0.132. The molecule has 16 heavy (non-hydrogen) atoms. The van der Waals surface area contributed by atoms with Crippen molar-refractivity contribution >= 4 is 5.91 Å². The van der Waals surface area contributed by atoms with Crippen molar-refractivity contribution in [3.63, 3.8) is 0 Å². The van der Waals surface area contributed by atoms with E-state index in [0.717, 1.165) is 38.9 Å². The van der Waals surface area contributed by atoms with Gasteiger partial charge in [-0.05, 0) is 44.2 Å². The average Bonchev–Trinajstić information content (AvgIpc) is 2.99. The second-order valence-corrected chi connectivity index (χ2v) is 5.48. The predicted octanol–water partition coefficient (Wildman–Crippen LogP) is 1.63. The van der Waals surface area contributed by atoms with Crippen LogP contribution in [-0.2, 0) is 4.79 Å². The molecule has 92 valence electrons. The molecule has 1 saturated carbocycles. The van der Waals surface area contributed by atoms with Gasteiger partial charge in [-0.3, -0.25) is 4.79 Å². The van der Waals surface area contributed by atoms with E-state index in [-0.39, 0.29) is 0 Å². The van der Waals surface area contributed by atoms with Crippen LogP contribution in [0.4, 0.5) is 0 Å². The van der Waals surface area contributed by atoms with Crippen LogP contribution < -0.4 is 5.32 Å². The van der Waals surface area contributed by atoms with Crippen molar-refractivity contribution in [2.24, 2.45) is 11.3 Å². The molecule has 1 heterocycles. The summed E-state index contributed by atoms with van der Waals surface area (Å²) in [5, 5.41) is 3.38. The Morgan fingerprint density at radius 3 is 2.75 bits per heavy atom. The van der Waals surface area contributed by atoms with E-state index in [4.69, 9.17) is 0 Å². The number of carbonyl (C=O) groups excluding carboxylic acids is 1. The summed E-state index contributed by atoms with van der Waals surface area (Å²) in [6.07, 6.45) is 5.83. The van der Waals surface area contributed by atoms with Gasteiger partial charge in [-0.2, -0.15) is 0 Å². The normalized spacial score (nSPS) is 26.8. The van der Waals surface area contributed by atoms with Crippen molar-refractivity contribution in [1.29, 1.82) is 0 Å². The number of piperidine rings is 1. The molecule has 3 nitrogen and oxygen atoms in total. The summed E-state index contributed by atoms with van der Waals surface area (Å²) < 4.78 is 0. The van der Waals surface area contributed by atoms with E-state index in [1.54, 1.807) is 0 Å². The summed E-state index contributed by atoms with van der Waals surface area (Å²) >= 11 is 0. The van der Waals surface area contributed by atoms with Crippen LogP contribution in [-0.4, -0.2) is 37.5 Å². The fraction of sp³-hybridized carbons (Fsp3) is 0.923. The Morgan fingerprint density at radius 1 is 1.44 bits per heavy atom. The van der Waals surface area contributed by atoms with Crippen molar-refractivity contribution < 1.29 is 4.79 Å². The van der Waals surface area contributed by atoms with Crippen LogP contribution in [0.3, 0.4) is 0 Å². The van der Waals surface area contributed by atoms with Gasteiger partial charge in [0.15, 0.2) is 0 Å². The Hall–Kier alpha value is -0.570. The molecular weight excluding hydrogens is 200 g/mol. The first-order valence-corrected chi connectivity index (χ1v) is 6.65. The fourth-order valence-electron chi connectivity index (χ4n) is 2.95. The van der Waals surface area contributed by atoms with Crippen LogP contribution in [0.2, 0.25) is 0 Å². The Bertz CT molecular complexity index is 259. The fourth-order valence-corrected chi connectivity index (χ4v) is 2.95. The van der Waals surface area contributed by atoms with E-state index >= 15 is 0 Å². The minimum atomic E-state index is 0.344. The molecular formula is C13H24N2O. The minimum Gasteiger partial charge on any atom is -0.346 e. The van der Waals surface area contributed by atoms with Crippen LogP contribution in [0.1, 0.15) is 39.0 Å². The van der Waals surface area contributed by atoms with Gasteiger partial charge in [0.05, 0.1) is 0 Å². The van der Waals surface area contributed by atoms with Crippen LogP contribution in [0.15, 0.2) is 0 Å². The number of rotatable bonds is 4. The number of hydrogen-bond acceptors (Lipinski definition) is 2. The number of unbranched alkanes of at least 4 members (excludes halogenated alkanes) is 1. The number of nitrogens with zero attached hydrogens (tertiary/aromatic N) is 1. The highest BCUT2D eigenvalue weighted by Crippen LogP contribution is 2.59. The van der Waals surface area contributed by atoms with Gasteiger partial charge in [-0.15, -0.1) is 0 Å². The maximum Gasteiger partial charge on any atom is 0.226 e. The van der Waals surface area contributed by atoms with Crippen molar-refractivity contribution in [3.05, 3.63) is 0 Å². The first-order chi connectivity index (χ1) is 7.69. The molecule has 3 heteroatoms. The Balaban J connectivity index is 1.83. The number of carbonyl (C=O) groups is 1. The molecule has 0 aromatic carbocycles. The number of hydrogen-bond donors (Lipinski definition) is 1. The van der Waals surface area contributed by atoms with E-state index in [1.807, 2.05) is 11.9 Å². The summed E-state index contributed by atoms with van der Waals surface area (Å²) in [4.78, 5) is 14.1. The van der Waals surface area contributed by atoms with Gasteiger partial charge in [0.2, 0.25) is 5.91 Å². The molecule has 0 aromatic rings. The van der Waals surface area contributed by atoms with E-state index < -0.39 is 0 Å². The molecule has 2 aliphatic rings. The van der Waals surface area contributed by atoms with Gasteiger partial charge in [0.1, 0.15) is 0 Å². The van der Waals surface area contributed by atoms with Crippen molar-refractivity contribution in [2.75, 3.05) is 26.7 Å². The van der Waals surface area contributed by atoms with Crippen LogP contribution in [0, 0.1) is 11.3 Å². The zero-order valence-corrected chi connectivity index (χ0v) is 10.6. The maximum absolute atomic E-state index is 12.2. The third-order valence-electron chi connectivity index (χ3n) is 4.31. The first-order valence-electron chi connectivity index (χ1n) is 6.65. The maximum atomic E-state index is 12.2. The number of amides is 1. The van der Waals surface area contributed by atoms with E-state index in [0.29, 0.717) is 17.2 Å². The monoisotopic (exact) mass is 224 g/mol. The van der Waals surface area contributed by atoms with Gasteiger partial charge in [-0.25, -0.2) is 0 Å². The molecule has 1 aliphatic heterocycles. The second kappa shape index (κ2) is 4.74. The molecule has 1 spiro atoms. The molecule has 1 amide bonds. The summed E-state index contributed by atoms with van der Waals surface area (Å²) in [6, 6.07) is 0. The molecule has 0 radical (unpaired) electrons. The third kappa shape index (κ3) is 2.24. The van der Waals surface area contributed by atoms with Crippen molar-refractivity contribution in [1.82, 2.24) is 10.2 Å². The standard InChI is InChI=1S/C13H24N2O/c1-3-4-9-15(2)12(16)11-10-13(11)5-7-14-8-6-13/h11,14H,3-10H2,1-2H3. The highest BCUT2D eigenvalue weighted by atomic mass is 16.2. The number of nitrogens with one attached hydrogen (secondary N) is 1. The Kier molecular flexibility index (Phi) is 3.53. The van der Waals surface area contributed by atoms with Crippen molar-refractivity contribution in [2.45, 2.75) is 39.0 Å². The lowest BCUT2D eigenvalue weighted by atomic mass is 9.91. The lowest BCUT2D eigenvalue weighted by Gasteiger charge is -2.25. The highest BCUT2D eigenvalue weighted by Gasteiger charge is 2.58. The highest BCUT2D eigenvalue weighted by molar-refractivity contribution is 5.82. The quantitative estimate of drug-likeness (QED) is 0.787. The molecule has 1 aliphatic carbocycles. The third-order valence-corrected chi connectivity index (χ3v) is 4.31. The predicted molar refractivity (Wildman–Crippen MR) is 65.2 cm³/mol. The van der Waals surface area contributed by atoms with Crippen LogP contribution in [0.25, 0.3) is 0 Å². The van der Waals surface area contributed by atoms with Crippen LogP contribution >= 0.6 is 0 Å². The molecule has 1 N–H and O–H groups in total. The largest absolute Gasteiger partial charge is 0.346 e. The SMILES string of the molecule is CCCCN(C)C(=O)C1CC12CCNCC2. The van der Waals surface area contributed by atoms with Crippen LogP contribution in [0.5, 0.6) is 0 Å². The summed E-state index contributed by atoms with van der Waals surface area (Å²) in [6.45, 7) is 5.30. The summed E-state index contributed by atoms with van der Waals surface area (Å²) in [7, 11) is 1.96. The lowest BCUT2D eigenvalue weighted by Crippen LogP contribution is -2.35. The zero-order chi connectivity index (χ0) is 11.6. The Morgan fingerprint density at radius 2 is 2.12 bits per heavy atom. The topological polar surface area (TPSA) is 32.3 Å². The first kappa shape index (κ1) is 11.9. The summed E-state index contributed by atoms with van der Waals surface area (Å²) in [5.41, 5.74) is 0.392. The minimum absolute atomic E-state index is 0.344. The zero-order valence-electron chi connectivity index (χ0n) is 10.6. The van der Waals surface area contributed by atoms with Gasteiger partial charge < -0.3 is 10.2 Å². The molecule has 1 atom stereocenters. The average molecular weight is 224 g/mol. The molecule has 0 aromatic heterocycles. The van der Waals surface area contributed by atoms with E-state index in [1.165, 1.54) is 12.8 Å². The van der Waals surface area contributed by atoms with Crippen molar-refractivity contribution in [3.8, 4) is 0 Å². The Labute approximate surface area is 98.6 Å². The molecule has 2 rings (SSSR count). The molecule has 1 unspecified atom stereocenters. The van der Waals surface area contributed by atoms with E-state index in [9.17, 15) is 4.79 Å². The molecule has 0 bridgehead atoms. The second-order valence-electron chi connectivity index (χ2n) is 5.48. The van der Waals surface area contributed by atoms with Gasteiger partial charge in [-0.1, -0.05) is 13.3 Å². The summed E-state index contributed by atoms with van der Waals surface area (Å²) in [5.74, 6) is 0.742. The van der Waals surface area contributed by atoms with E-state index in [2.05, 4.69) is 12.2 Å². The smallest absolute Gasteiger partial charge is 0.226 e. The van der Waals surface area contributed by atoms with Gasteiger partial charge in [0, 0.05) is 19.5 Å².